The third-order valence-corrected chi connectivity index (χ3v) is 4.57. The molecule has 0 spiro atoms. The molecular formula is C16H16Na2O6S2. The summed E-state index contributed by atoms with van der Waals surface area (Å²) in [6.45, 7) is 0. The van der Waals surface area contributed by atoms with Gasteiger partial charge >= 0.3 is 69.2 Å². The average Bonchev–Trinajstić information content (AvgIpc) is 2.53. The summed E-state index contributed by atoms with van der Waals surface area (Å²) in [4.78, 5) is -0.274. The molecule has 0 amide bonds. The van der Waals surface area contributed by atoms with E-state index in [-0.39, 0.29) is 64.0 Å². The molecular weight excluding hydrogens is 398 g/mol. The average molecular weight is 414 g/mol. The Morgan fingerprint density at radius 2 is 1.31 bits per heavy atom. The number of benzene rings is 2. The van der Waals surface area contributed by atoms with Crippen molar-refractivity contribution in [3.8, 4) is 0 Å². The molecule has 0 aromatic heterocycles. The van der Waals surface area contributed by atoms with Crippen molar-refractivity contribution in [2.45, 2.75) is 4.90 Å². The summed E-state index contributed by atoms with van der Waals surface area (Å²) >= 11 is 0. The van der Waals surface area contributed by atoms with Gasteiger partial charge < -0.3 is 4.18 Å². The molecule has 2 aromatic carbocycles. The Bertz CT molecular complexity index is 952. The van der Waals surface area contributed by atoms with Crippen LogP contribution in [0.5, 0.6) is 0 Å². The molecule has 6 nitrogen and oxygen atoms in total. The third-order valence-electron chi connectivity index (χ3n) is 2.85. The molecule has 0 aliphatic rings. The van der Waals surface area contributed by atoms with E-state index < -0.39 is 20.2 Å². The molecule has 0 fully saturated rings. The van der Waals surface area contributed by atoms with E-state index >= 15 is 0 Å². The second-order valence-electron chi connectivity index (χ2n) is 4.65. The van der Waals surface area contributed by atoms with Crippen molar-refractivity contribution in [2.24, 2.45) is 0 Å². The monoisotopic (exact) mass is 414 g/mol. The summed E-state index contributed by atoms with van der Waals surface area (Å²) in [5.74, 6) is 0. The van der Waals surface area contributed by atoms with E-state index in [1.165, 1.54) is 24.3 Å². The Kier molecular flexibility index (Phi) is 11.2. The fraction of sp³-hybridized carbons (Fsp3) is 0. The van der Waals surface area contributed by atoms with Crippen LogP contribution in [0.15, 0.2) is 71.2 Å². The Balaban J connectivity index is 0.00000312. The molecule has 0 bridgehead atoms. The molecule has 1 N–H and O–H groups in total. The molecule has 10 heteroatoms. The minimum absolute atomic E-state index is 0. The van der Waals surface area contributed by atoms with Crippen LogP contribution in [0, 0.1) is 0 Å². The molecule has 0 atom stereocenters. The quantitative estimate of drug-likeness (QED) is 0.334. The summed E-state index contributed by atoms with van der Waals surface area (Å²) in [5.41, 5.74) is 1.22. The van der Waals surface area contributed by atoms with E-state index in [1.54, 1.807) is 12.1 Å². The standard InChI is InChI=1S/C16H14O6S2.2Na.2H/c17-23(18,22-12-10-14-4-2-1-3-5-14)13-11-15-6-8-16(9-7-15)24(19,20)21;;;;/h1-13H,(H,19,20,21);;;;. The van der Waals surface area contributed by atoms with Crippen LogP contribution in [-0.4, -0.2) is 80.5 Å². The summed E-state index contributed by atoms with van der Waals surface area (Å²) in [6, 6.07) is 14.1. The maximum absolute atomic E-state index is 11.7. The van der Waals surface area contributed by atoms with E-state index in [0.29, 0.717) is 5.56 Å². The molecule has 0 aliphatic carbocycles. The molecule has 0 saturated heterocycles. The zero-order valence-electron chi connectivity index (χ0n) is 12.3. The Labute approximate surface area is 197 Å². The van der Waals surface area contributed by atoms with Gasteiger partial charge in [-0.2, -0.15) is 16.8 Å². The van der Waals surface area contributed by atoms with Crippen molar-refractivity contribution >= 4 is 91.5 Å². The number of hydrogen-bond donors (Lipinski definition) is 1. The molecule has 26 heavy (non-hydrogen) atoms. The van der Waals surface area contributed by atoms with Crippen LogP contribution in [0.3, 0.4) is 0 Å². The van der Waals surface area contributed by atoms with Gasteiger partial charge in [-0.05, 0) is 35.4 Å². The number of rotatable bonds is 6. The van der Waals surface area contributed by atoms with Gasteiger partial charge in [-0.15, -0.1) is 0 Å². The van der Waals surface area contributed by atoms with Gasteiger partial charge in [-0.1, -0.05) is 42.5 Å². The van der Waals surface area contributed by atoms with Crippen molar-refractivity contribution in [3.05, 3.63) is 77.4 Å². The van der Waals surface area contributed by atoms with Crippen LogP contribution in [-0.2, 0) is 24.4 Å². The van der Waals surface area contributed by atoms with Crippen LogP contribution in [0.2, 0.25) is 0 Å². The van der Waals surface area contributed by atoms with Crippen molar-refractivity contribution in [3.63, 3.8) is 0 Å². The number of hydrogen-bond acceptors (Lipinski definition) is 5. The molecule has 2 aromatic rings. The van der Waals surface area contributed by atoms with E-state index in [2.05, 4.69) is 0 Å². The van der Waals surface area contributed by atoms with Crippen molar-refractivity contribution < 1.29 is 25.6 Å². The van der Waals surface area contributed by atoms with Gasteiger partial charge in [0.1, 0.15) is 6.26 Å². The molecule has 0 aliphatic heterocycles. The first-order valence-corrected chi connectivity index (χ1v) is 9.58. The van der Waals surface area contributed by atoms with E-state index in [0.717, 1.165) is 29.4 Å². The second kappa shape index (κ2) is 11.4. The fourth-order valence-corrected chi connectivity index (χ4v) is 2.77. The van der Waals surface area contributed by atoms with Gasteiger partial charge in [0.15, 0.2) is 0 Å². The molecule has 2 rings (SSSR count). The summed E-state index contributed by atoms with van der Waals surface area (Å²) in [7, 11) is -8.20. The third kappa shape index (κ3) is 8.98. The first-order chi connectivity index (χ1) is 11.3. The van der Waals surface area contributed by atoms with Crippen LogP contribution < -0.4 is 0 Å². The summed E-state index contributed by atoms with van der Waals surface area (Å²) in [5, 5.41) is 0.852. The van der Waals surface area contributed by atoms with Gasteiger partial charge in [0.25, 0.3) is 10.1 Å². The van der Waals surface area contributed by atoms with E-state index in [1.807, 2.05) is 18.2 Å². The molecule has 0 heterocycles. The first kappa shape index (κ1) is 25.6. The minimum atomic E-state index is -4.28. The van der Waals surface area contributed by atoms with Gasteiger partial charge in [0.2, 0.25) is 0 Å². The molecule has 0 radical (unpaired) electrons. The summed E-state index contributed by atoms with van der Waals surface area (Å²) < 4.78 is 58.8. The van der Waals surface area contributed by atoms with Gasteiger partial charge in [-0.25, -0.2) is 0 Å². The predicted octanol–water partition coefficient (Wildman–Crippen LogP) is 1.62. The predicted molar refractivity (Wildman–Crippen MR) is 105 cm³/mol. The zero-order valence-corrected chi connectivity index (χ0v) is 13.9. The van der Waals surface area contributed by atoms with Crippen molar-refractivity contribution in [1.29, 1.82) is 0 Å². The van der Waals surface area contributed by atoms with Gasteiger partial charge in [0, 0.05) is 0 Å². The van der Waals surface area contributed by atoms with E-state index in [4.69, 9.17) is 8.74 Å². The summed E-state index contributed by atoms with van der Waals surface area (Å²) in [6.07, 6.45) is 3.82. The normalized spacial score (nSPS) is 11.7. The van der Waals surface area contributed by atoms with Gasteiger partial charge in [0.05, 0.1) is 10.3 Å². The Hall–Kier alpha value is -0.420. The van der Waals surface area contributed by atoms with E-state index in [9.17, 15) is 16.8 Å². The second-order valence-corrected chi connectivity index (χ2v) is 7.52. The van der Waals surface area contributed by atoms with Gasteiger partial charge in [-0.3, -0.25) is 4.55 Å². The van der Waals surface area contributed by atoms with Crippen molar-refractivity contribution in [2.75, 3.05) is 0 Å². The molecule has 0 saturated carbocycles. The molecule has 0 unspecified atom stereocenters. The SMILES string of the molecule is O=S(=O)(C=Cc1ccc(S(=O)(=O)O)cc1)OC=Cc1ccccc1.[NaH].[NaH]. The first-order valence-electron chi connectivity index (χ1n) is 6.67. The van der Waals surface area contributed by atoms with Crippen LogP contribution in [0.25, 0.3) is 12.2 Å². The topological polar surface area (TPSA) is 97.7 Å². The Morgan fingerprint density at radius 3 is 1.85 bits per heavy atom. The van der Waals surface area contributed by atoms with Crippen LogP contribution in [0.1, 0.15) is 11.1 Å². The van der Waals surface area contributed by atoms with Crippen LogP contribution in [0.4, 0.5) is 0 Å². The molecule has 130 valence electrons. The van der Waals surface area contributed by atoms with Crippen LogP contribution >= 0.6 is 0 Å². The fourth-order valence-electron chi connectivity index (χ4n) is 1.69. The maximum atomic E-state index is 11.7. The van der Waals surface area contributed by atoms with Crippen molar-refractivity contribution in [1.82, 2.24) is 0 Å². The zero-order chi connectivity index (χ0) is 17.6. The Morgan fingerprint density at radius 1 is 0.769 bits per heavy atom.